The molecule has 0 N–H and O–H groups in total. The molecule has 1 aliphatic heterocycles. The third-order valence-electron chi connectivity index (χ3n) is 2.57. The van der Waals surface area contributed by atoms with Gasteiger partial charge in [-0.25, -0.2) is 0 Å². The molecule has 1 aliphatic rings. The van der Waals surface area contributed by atoms with Gasteiger partial charge in [0.05, 0.1) is 17.2 Å². The van der Waals surface area contributed by atoms with Crippen molar-refractivity contribution in [3.05, 3.63) is 35.4 Å². The van der Waals surface area contributed by atoms with Gasteiger partial charge in [-0.2, -0.15) is 0 Å². The molecule has 16 heavy (non-hydrogen) atoms. The van der Waals surface area contributed by atoms with Gasteiger partial charge in [0.2, 0.25) is 0 Å². The first kappa shape index (κ1) is 10.4. The van der Waals surface area contributed by atoms with E-state index in [2.05, 4.69) is 11.8 Å². The van der Waals surface area contributed by atoms with E-state index in [1.54, 1.807) is 38.1 Å². The summed E-state index contributed by atoms with van der Waals surface area (Å²) in [4.78, 5) is 25.1. The standard InChI is InChI=1S/C13H11NO2/c1-3-6-9(2)14-12(15)10-7-4-5-8-11(10)13(14)16/h4-5,7-9H,1-2H3. The van der Waals surface area contributed by atoms with E-state index >= 15 is 0 Å². The van der Waals surface area contributed by atoms with E-state index in [0.29, 0.717) is 11.1 Å². The first-order valence-electron chi connectivity index (χ1n) is 5.06. The molecular formula is C13H11NO2. The molecule has 0 radical (unpaired) electrons. The highest BCUT2D eigenvalue weighted by molar-refractivity contribution is 6.21. The van der Waals surface area contributed by atoms with E-state index in [1.807, 2.05) is 0 Å². The molecule has 0 fully saturated rings. The van der Waals surface area contributed by atoms with Crippen molar-refractivity contribution in [2.75, 3.05) is 0 Å². The summed E-state index contributed by atoms with van der Waals surface area (Å²) in [6.07, 6.45) is 0. The first-order valence-corrected chi connectivity index (χ1v) is 5.06. The minimum absolute atomic E-state index is 0.254. The van der Waals surface area contributed by atoms with Gasteiger partial charge in [0.25, 0.3) is 11.8 Å². The van der Waals surface area contributed by atoms with Crippen LogP contribution in [0.3, 0.4) is 0 Å². The topological polar surface area (TPSA) is 37.4 Å². The predicted octanol–water partition coefficient (Wildman–Crippen LogP) is 1.69. The van der Waals surface area contributed by atoms with Crippen LogP contribution in [0, 0.1) is 11.8 Å². The third-order valence-corrected chi connectivity index (χ3v) is 2.57. The molecule has 1 aromatic rings. The maximum Gasteiger partial charge on any atom is 0.262 e. The summed E-state index contributed by atoms with van der Waals surface area (Å²) in [6, 6.07) is 6.47. The van der Waals surface area contributed by atoms with Gasteiger partial charge < -0.3 is 0 Å². The summed E-state index contributed by atoms with van der Waals surface area (Å²) >= 11 is 0. The zero-order valence-electron chi connectivity index (χ0n) is 9.15. The van der Waals surface area contributed by atoms with Gasteiger partial charge in [-0.05, 0) is 26.0 Å². The van der Waals surface area contributed by atoms with Crippen molar-refractivity contribution in [2.24, 2.45) is 0 Å². The van der Waals surface area contributed by atoms with E-state index < -0.39 is 0 Å². The Balaban J connectivity index is 2.45. The average molecular weight is 213 g/mol. The van der Waals surface area contributed by atoms with Crippen LogP contribution in [0.4, 0.5) is 0 Å². The lowest BCUT2D eigenvalue weighted by Gasteiger charge is -2.17. The average Bonchev–Trinajstić information content (AvgIpc) is 2.53. The molecule has 1 atom stereocenters. The van der Waals surface area contributed by atoms with Crippen LogP contribution in [-0.4, -0.2) is 22.8 Å². The molecule has 2 amide bonds. The lowest BCUT2D eigenvalue weighted by Crippen LogP contribution is -2.37. The van der Waals surface area contributed by atoms with Crippen LogP contribution in [0.2, 0.25) is 0 Å². The minimum atomic E-state index is -0.377. The van der Waals surface area contributed by atoms with E-state index in [4.69, 9.17) is 0 Å². The van der Waals surface area contributed by atoms with Crippen LogP contribution in [0.1, 0.15) is 34.6 Å². The molecule has 0 saturated heterocycles. The zero-order valence-corrected chi connectivity index (χ0v) is 9.15. The molecule has 1 heterocycles. The van der Waals surface area contributed by atoms with Crippen LogP contribution in [0.15, 0.2) is 24.3 Å². The second-order valence-electron chi connectivity index (χ2n) is 3.60. The van der Waals surface area contributed by atoms with Crippen LogP contribution in [-0.2, 0) is 0 Å². The largest absolute Gasteiger partial charge is 0.269 e. The lowest BCUT2D eigenvalue weighted by molar-refractivity contribution is 0.0630. The Hall–Kier alpha value is -2.08. The monoisotopic (exact) mass is 213 g/mol. The highest BCUT2D eigenvalue weighted by atomic mass is 16.2. The summed E-state index contributed by atoms with van der Waals surface area (Å²) in [7, 11) is 0. The fraction of sp³-hybridized carbons (Fsp3) is 0.231. The predicted molar refractivity (Wildman–Crippen MR) is 59.9 cm³/mol. The Bertz CT molecular complexity index is 487. The fourth-order valence-electron chi connectivity index (χ4n) is 1.83. The fourth-order valence-corrected chi connectivity index (χ4v) is 1.83. The van der Waals surface area contributed by atoms with Crippen LogP contribution in [0.25, 0.3) is 0 Å². The lowest BCUT2D eigenvalue weighted by atomic mass is 10.1. The SMILES string of the molecule is CC#CC(C)N1C(=O)c2ccccc2C1=O. The summed E-state index contributed by atoms with van der Waals surface area (Å²) < 4.78 is 0. The summed E-state index contributed by atoms with van der Waals surface area (Å²) in [5, 5.41) is 0. The molecule has 0 bridgehead atoms. The Morgan fingerprint density at radius 3 is 2.06 bits per heavy atom. The van der Waals surface area contributed by atoms with Crippen molar-refractivity contribution in [3.8, 4) is 11.8 Å². The quantitative estimate of drug-likeness (QED) is 0.526. The second-order valence-corrected chi connectivity index (χ2v) is 3.60. The molecule has 3 heteroatoms. The van der Waals surface area contributed by atoms with Gasteiger partial charge in [0.1, 0.15) is 0 Å². The van der Waals surface area contributed by atoms with Crippen molar-refractivity contribution < 1.29 is 9.59 Å². The molecule has 0 aliphatic carbocycles. The molecule has 2 rings (SSSR count). The number of amides is 2. The first-order chi connectivity index (χ1) is 7.66. The normalized spacial score (nSPS) is 15.5. The number of hydrogen-bond acceptors (Lipinski definition) is 2. The van der Waals surface area contributed by atoms with Crippen LogP contribution >= 0.6 is 0 Å². The number of hydrogen-bond donors (Lipinski definition) is 0. The Morgan fingerprint density at radius 1 is 1.12 bits per heavy atom. The van der Waals surface area contributed by atoms with Crippen molar-refractivity contribution in [1.82, 2.24) is 4.90 Å². The molecule has 80 valence electrons. The van der Waals surface area contributed by atoms with Gasteiger partial charge >= 0.3 is 0 Å². The van der Waals surface area contributed by atoms with Crippen LogP contribution in [0.5, 0.6) is 0 Å². The molecule has 1 unspecified atom stereocenters. The second kappa shape index (κ2) is 3.82. The van der Waals surface area contributed by atoms with Gasteiger partial charge in [-0.15, -0.1) is 5.92 Å². The Kier molecular flexibility index (Phi) is 2.49. The molecular weight excluding hydrogens is 202 g/mol. The van der Waals surface area contributed by atoms with E-state index in [9.17, 15) is 9.59 Å². The van der Waals surface area contributed by atoms with Gasteiger partial charge in [0, 0.05) is 0 Å². The molecule has 3 nitrogen and oxygen atoms in total. The summed E-state index contributed by atoms with van der Waals surface area (Å²) in [5.41, 5.74) is 0.939. The summed E-state index contributed by atoms with van der Waals surface area (Å²) in [6.45, 7) is 3.44. The number of rotatable bonds is 1. The number of fused-ring (bicyclic) bond motifs is 1. The number of benzene rings is 1. The summed E-state index contributed by atoms with van der Waals surface area (Å²) in [5.74, 6) is 5.03. The van der Waals surface area contributed by atoms with E-state index in [0.717, 1.165) is 0 Å². The maximum atomic E-state index is 12.0. The van der Waals surface area contributed by atoms with Crippen molar-refractivity contribution in [2.45, 2.75) is 19.9 Å². The van der Waals surface area contributed by atoms with Gasteiger partial charge in [0.15, 0.2) is 0 Å². The molecule has 0 saturated carbocycles. The zero-order chi connectivity index (χ0) is 11.7. The highest BCUT2D eigenvalue weighted by Gasteiger charge is 2.37. The molecule has 0 spiro atoms. The molecule has 1 aromatic carbocycles. The number of nitrogens with zero attached hydrogens (tertiary/aromatic N) is 1. The smallest absolute Gasteiger partial charge is 0.262 e. The maximum absolute atomic E-state index is 12.0. The third kappa shape index (κ3) is 1.40. The number of carbonyl (C=O) groups is 2. The minimum Gasteiger partial charge on any atom is -0.269 e. The molecule has 0 aromatic heterocycles. The van der Waals surface area contributed by atoms with Crippen molar-refractivity contribution in [1.29, 1.82) is 0 Å². The van der Waals surface area contributed by atoms with Crippen LogP contribution < -0.4 is 0 Å². The van der Waals surface area contributed by atoms with Crippen molar-refractivity contribution >= 4 is 11.8 Å². The van der Waals surface area contributed by atoms with Gasteiger partial charge in [-0.3, -0.25) is 14.5 Å². The van der Waals surface area contributed by atoms with Gasteiger partial charge in [-0.1, -0.05) is 18.1 Å². The van der Waals surface area contributed by atoms with E-state index in [1.165, 1.54) is 4.90 Å². The van der Waals surface area contributed by atoms with E-state index in [-0.39, 0.29) is 17.9 Å². The Morgan fingerprint density at radius 2 is 1.62 bits per heavy atom. The number of carbonyl (C=O) groups excluding carboxylic acids is 2. The Labute approximate surface area is 94.1 Å². The van der Waals surface area contributed by atoms with Crippen molar-refractivity contribution in [3.63, 3.8) is 0 Å². The number of imide groups is 1. The highest BCUT2D eigenvalue weighted by Crippen LogP contribution is 2.23.